The fourth-order valence-corrected chi connectivity index (χ4v) is 5.52. The molecule has 0 saturated heterocycles. The van der Waals surface area contributed by atoms with Crippen molar-refractivity contribution in [1.29, 1.82) is 0 Å². The zero-order valence-corrected chi connectivity index (χ0v) is 23.9. The topological polar surface area (TPSA) is 79.9 Å². The molecular weight excluding hydrogens is 551 g/mol. The lowest BCUT2D eigenvalue weighted by Crippen LogP contribution is -2.20. The zero-order chi connectivity index (χ0) is 28.6. The van der Waals surface area contributed by atoms with Gasteiger partial charge in [0.15, 0.2) is 9.84 Å². The zero-order valence-electron chi connectivity index (χ0n) is 22.2. The average molecular weight is 584 g/mol. The normalized spacial score (nSPS) is 11.9. The summed E-state index contributed by atoms with van der Waals surface area (Å²) >= 11 is 1.23. The van der Waals surface area contributed by atoms with Crippen molar-refractivity contribution in [2.45, 2.75) is 17.5 Å². The largest absolute Gasteiger partial charge is 0.489 e. The van der Waals surface area contributed by atoms with Gasteiger partial charge in [0, 0.05) is 32.5 Å². The molecular formula is C27H32F3N3O4S2. The molecule has 7 nitrogen and oxygen atoms in total. The maximum absolute atomic E-state index is 13.5. The van der Waals surface area contributed by atoms with Crippen molar-refractivity contribution in [2.24, 2.45) is 0 Å². The summed E-state index contributed by atoms with van der Waals surface area (Å²) < 4.78 is 75.7. The van der Waals surface area contributed by atoms with Gasteiger partial charge in [0.05, 0.1) is 45.4 Å². The molecule has 0 saturated carbocycles. The minimum atomic E-state index is -4.38. The number of benzene rings is 2. The van der Waals surface area contributed by atoms with Gasteiger partial charge in [-0.2, -0.15) is 13.2 Å². The van der Waals surface area contributed by atoms with Crippen LogP contribution in [-0.2, 0) is 21.0 Å². The fourth-order valence-electron chi connectivity index (χ4n) is 3.70. The molecule has 0 aliphatic heterocycles. The standard InChI is InChI=1S/C27H32F3N3O4S2/c1-33(2)14-13-32-23-8-5-7-20-21(18-27(28,29)30)25(38-26(20)23)9-6-12-31-22-11-10-19(39(4,34)35)17-24(22)37-16-15-36-3/h5,7-8,10-11,17,31-32H,12-16,18H2,1-4H3. The predicted octanol–water partition coefficient (Wildman–Crippen LogP) is 4.87. The number of likely N-dealkylation sites (N-methyl/N-ethyl adjacent to an activating group) is 1. The van der Waals surface area contributed by atoms with Crippen molar-refractivity contribution in [3.63, 3.8) is 0 Å². The van der Waals surface area contributed by atoms with E-state index in [0.717, 1.165) is 23.2 Å². The summed E-state index contributed by atoms with van der Waals surface area (Å²) in [6.07, 6.45) is -4.35. The van der Waals surface area contributed by atoms with E-state index in [1.807, 2.05) is 25.1 Å². The molecule has 0 fully saturated rings. The van der Waals surface area contributed by atoms with Crippen molar-refractivity contribution in [3.05, 3.63) is 46.8 Å². The Labute approximate surface area is 231 Å². The van der Waals surface area contributed by atoms with Crippen molar-refractivity contribution in [2.75, 3.05) is 70.9 Å². The smallest absolute Gasteiger partial charge is 0.393 e. The van der Waals surface area contributed by atoms with Crippen LogP contribution in [0, 0.1) is 11.8 Å². The number of rotatable bonds is 12. The summed E-state index contributed by atoms with van der Waals surface area (Å²) in [5, 5.41) is 6.92. The van der Waals surface area contributed by atoms with Gasteiger partial charge in [0.1, 0.15) is 12.4 Å². The second-order valence-electron chi connectivity index (χ2n) is 9.04. The highest BCUT2D eigenvalue weighted by Crippen LogP contribution is 2.39. The first-order valence-corrected chi connectivity index (χ1v) is 14.8. The number of hydrogen-bond acceptors (Lipinski definition) is 8. The van der Waals surface area contributed by atoms with E-state index in [1.165, 1.54) is 30.6 Å². The van der Waals surface area contributed by atoms with Crippen LogP contribution in [0.1, 0.15) is 10.4 Å². The van der Waals surface area contributed by atoms with Gasteiger partial charge < -0.3 is 25.0 Å². The highest BCUT2D eigenvalue weighted by Gasteiger charge is 2.31. The van der Waals surface area contributed by atoms with Crippen LogP contribution < -0.4 is 15.4 Å². The minimum Gasteiger partial charge on any atom is -0.489 e. The number of hydrogen-bond donors (Lipinski definition) is 2. The van der Waals surface area contributed by atoms with Gasteiger partial charge in [-0.1, -0.05) is 24.0 Å². The molecule has 0 bridgehead atoms. The monoisotopic (exact) mass is 583 g/mol. The molecule has 0 amide bonds. The highest BCUT2D eigenvalue weighted by atomic mass is 32.2. The molecule has 0 aliphatic carbocycles. The summed E-state index contributed by atoms with van der Waals surface area (Å²) in [6.45, 7) is 2.04. The molecule has 3 aromatic rings. The van der Waals surface area contributed by atoms with Crippen molar-refractivity contribution < 1.29 is 31.1 Å². The Kier molecular flexibility index (Phi) is 10.5. The fraction of sp³-hybridized carbons (Fsp3) is 0.407. The number of alkyl halides is 3. The van der Waals surface area contributed by atoms with Crippen LogP contribution in [0.25, 0.3) is 10.1 Å². The van der Waals surface area contributed by atoms with Crippen LogP contribution in [0.15, 0.2) is 41.3 Å². The number of fused-ring (bicyclic) bond motifs is 1. The number of ether oxygens (including phenoxy) is 2. The Bertz CT molecular complexity index is 1440. The summed E-state index contributed by atoms with van der Waals surface area (Å²) in [5.74, 6) is 6.14. The maximum atomic E-state index is 13.5. The lowest BCUT2D eigenvalue weighted by molar-refractivity contribution is -0.126. The van der Waals surface area contributed by atoms with Crippen LogP contribution in [0.4, 0.5) is 24.5 Å². The van der Waals surface area contributed by atoms with E-state index in [-0.39, 0.29) is 23.6 Å². The molecule has 2 N–H and O–H groups in total. The van der Waals surface area contributed by atoms with Gasteiger partial charge >= 0.3 is 6.18 Å². The number of thiophene rings is 1. The number of nitrogens with one attached hydrogen (secondary N) is 2. The molecule has 0 radical (unpaired) electrons. The summed E-state index contributed by atoms with van der Waals surface area (Å²) in [6, 6.07) is 9.74. The van der Waals surface area contributed by atoms with Crippen LogP contribution >= 0.6 is 11.3 Å². The summed E-state index contributed by atoms with van der Waals surface area (Å²) in [7, 11) is 1.98. The van der Waals surface area contributed by atoms with Crippen LogP contribution in [-0.4, -0.2) is 79.8 Å². The van der Waals surface area contributed by atoms with Crippen molar-refractivity contribution >= 4 is 42.6 Å². The third-order valence-corrected chi connectivity index (χ3v) is 7.87. The Morgan fingerprint density at radius 1 is 1.08 bits per heavy atom. The molecule has 39 heavy (non-hydrogen) atoms. The van der Waals surface area contributed by atoms with Gasteiger partial charge in [-0.3, -0.25) is 0 Å². The van der Waals surface area contributed by atoms with Gasteiger partial charge in [-0.25, -0.2) is 8.42 Å². The molecule has 0 atom stereocenters. The van der Waals surface area contributed by atoms with E-state index in [0.29, 0.717) is 34.9 Å². The number of halogens is 3. The Hall–Kier alpha value is -2.98. The van der Waals surface area contributed by atoms with E-state index < -0.39 is 22.4 Å². The van der Waals surface area contributed by atoms with Gasteiger partial charge in [-0.05, 0) is 43.2 Å². The van der Waals surface area contributed by atoms with Gasteiger partial charge in [0.25, 0.3) is 0 Å². The molecule has 0 aliphatic rings. The number of methoxy groups -OCH3 is 1. The van der Waals surface area contributed by atoms with Crippen molar-refractivity contribution in [3.8, 4) is 17.6 Å². The first kappa shape index (κ1) is 30.6. The first-order chi connectivity index (χ1) is 18.4. The lowest BCUT2D eigenvalue weighted by Gasteiger charge is -2.13. The molecule has 2 aromatic carbocycles. The molecule has 0 spiro atoms. The Balaban J connectivity index is 1.87. The van der Waals surface area contributed by atoms with E-state index in [2.05, 4.69) is 22.5 Å². The van der Waals surface area contributed by atoms with E-state index >= 15 is 0 Å². The third-order valence-electron chi connectivity index (χ3n) is 5.57. The molecule has 212 valence electrons. The Morgan fingerprint density at radius 3 is 2.51 bits per heavy atom. The highest BCUT2D eigenvalue weighted by molar-refractivity contribution is 7.90. The molecule has 3 rings (SSSR count). The lowest BCUT2D eigenvalue weighted by atomic mass is 10.1. The molecule has 0 unspecified atom stereocenters. The SMILES string of the molecule is COCCOc1cc(S(C)(=O)=O)ccc1NCC#Cc1sc2c(NCCN(C)C)cccc2c1CC(F)(F)F. The van der Waals surface area contributed by atoms with Crippen LogP contribution in [0.5, 0.6) is 5.75 Å². The summed E-state index contributed by atoms with van der Waals surface area (Å²) in [5.41, 5.74) is 1.44. The first-order valence-electron chi connectivity index (χ1n) is 12.1. The van der Waals surface area contributed by atoms with Crippen molar-refractivity contribution in [1.82, 2.24) is 4.90 Å². The van der Waals surface area contributed by atoms with Crippen LogP contribution in [0.3, 0.4) is 0 Å². The second kappa shape index (κ2) is 13.4. The number of nitrogens with zero attached hydrogens (tertiary/aromatic N) is 1. The molecule has 1 aromatic heterocycles. The average Bonchev–Trinajstić information content (AvgIpc) is 3.18. The van der Waals surface area contributed by atoms with E-state index in [4.69, 9.17) is 9.47 Å². The number of anilines is 2. The number of sulfone groups is 1. The molecule has 12 heteroatoms. The second-order valence-corrected chi connectivity index (χ2v) is 12.1. The Morgan fingerprint density at radius 2 is 1.85 bits per heavy atom. The predicted molar refractivity (Wildman–Crippen MR) is 151 cm³/mol. The summed E-state index contributed by atoms with van der Waals surface area (Å²) in [4.78, 5) is 2.47. The quantitative estimate of drug-likeness (QED) is 0.233. The maximum Gasteiger partial charge on any atom is 0.393 e. The van der Waals surface area contributed by atoms with Crippen LogP contribution in [0.2, 0.25) is 0 Å². The molecule has 1 heterocycles. The van der Waals surface area contributed by atoms with Gasteiger partial charge in [-0.15, -0.1) is 11.3 Å². The van der Waals surface area contributed by atoms with E-state index in [1.54, 1.807) is 18.2 Å². The van der Waals surface area contributed by atoms with E-state index in [9.17, 15) is 21.6 Å². The minimum absolute atomic E-state index is 0.101. The van der Waals surface area contributed by atoms with Gasteiger partial charge in [0.2, 0.25) is 0 Å². The third kappa shape index (κ3) is 9.03.